The summed E-state index contributed by atoms with van der Waals surface area (Å²) in [6, 6.07) is 0. The van der Waals surface area contributed by atoms with Crippen LogP contribution in [0, 0.1) is 11.8 Å². The third-order valence-electron chi connectivity index (χ3n) is 3.27. The predicted molar refractivity (Wildman–Crippen MR) is 58.6 cm³/mol. The molecule has 4 nitrogen and oxygen atoms in total. The zero-order chi connectivity index (χ0) is 12.3. The summed E-state index contributed by atoms with van der Waals surface area (Å²) in [5, 5.41) is 0. The van der Waals surface area contributed by atoms with Gasteiger partial charge in [-0.2, -0.15) is 0 Å². The van der Waals surface area contributed by atoms with Gasteiger partial charge in [-0.05, 0) is 26.7 Å². The average Bonchev–Trinajstić information content (AvgIpc) is 2.30. The van der Waals surface area contributed by atoms with Crippen molar-refractivity contribution in [2.24, 2.45) is 11.8 Å². The van der Waals surface area contributed by atoms with E-state index in [1.807, 2.05) is 13.8 Å². The second kappa shape index (κ2) is 5.14. The molecule has 0 aromatic rings. The van der Waals surface area contributed by atoms with E-state index in [-0.39, 0.29) is 11.9 Å². The fourth-order valence-corrected chi connectivity index (χ4v) is 2.09. The van der Waals surface area contributed by atoms with Crippen molar-refractivity contribution < 1.29 is 19.1 Å². The summed E-state index contributed by atoms with van der Waals surface area (Å²) in [4.78, 5) is 23.2. The Morgan fingerprint density at radius 3 is 1.50 bits per heavy atom. The van der Waals surface area contributed by atoms with Gasteiger partial charge in [0.1, 0.15) is 0 Å². The van der Waals surface area contributed by atoms with Gasteiger partial charge in [-0.3, -0.25) is 9.59 Å². The highest BCUT2D eigenvalue weighted by molar-refractivity contribution is 5.83. The fourth-order valence-electron chi connectivity index (χ4n) is 2.09. The molecule has 0 saturated carbocycles. The van der Waals surface area contributed by atoms with Crippen molar-refractivity contribution in [1.82, 2.24) is 0 Å². The molecule has 2 atom stereocenters. The Labute approximate surface area is 95.6 Å². The van der Waals surface area contributed by atoms with E-state index in [2.05, 4.69) is 0 Å². The molecule has 0 saturated heterocycles. The molecule has 0 radical (unpaired) electrons. The molecule has 0 aliphatic heterocycles. The van der Waals surface area contributed by atoms with Gasteiger partial charge < -0.3 is 9.47 Å². The second-order valence-corrected chi connectivity index (χ2v) is 4.23. The molecule has 16 heavy (non-hydrogen) atoms. The van der Waals surface area contributed by atoms with E-state index in [1.165, 1.54) is 14.2 Å². The van der Waals surface area contributed by atoms with Crippen LogP contribution >= 0.6 is 0 Å². The third kappa shape index (κ3) is 2.43. The topological polar surface area (TPSA) is 52.6 Å². The molecule has 0 fully saturated rings. The van der Waals surface area contributed by atoms with Crippen LogP contribution in [0.1, 0.15) is 26.7 Å². The van der Waals surface area contributed by atoms with E-state index in [1.54, 1.807) is 0 Å². The van der Waals surface area contributed by atoms with E-state index in [4.69, 9.17) is 9.47 Å². The van der Waals surface area contributed by atoms with E-state index in [0.29, 0.717) is 12.8 Å². The number of hydrogen-bond acceptors (Lipinski definition) is 4. The standard InChI is InChI=1S/C12H18O4/c1-7-5-9(11(13)15-3)10(6-8(7)2)12(14)16-4/h9-10H,5-6H2,1-4H3/t9-,10+. The van der Waals surface area contributed by atoms with Crippen LogP contribution in [0.25, 0.3) is 0 Å². The molecular formula is C12H18O4. The monoisotopic (exact) mass is 226 g/mol. The minimum atomic E-state index is -0.402. The Bertz CT molecular complexity index is 298. The van der Waals surface area contributed by atoms with Crippen molar-refractivity contribution in [2.45, 2.75) is 26.7 Å². The summed E-state index contributed by atoms with van der Waals surface area (Å²) >= 11 is 0. The van der Waals surface area contributed by atoms with Crippen LogP contribution in [-0.2, 0) is 19.1 Å². The van der Waals surface area contributed by atoms with Crippen LogP contribution in [-0.4, -0.2) is 26.2 Å². The number of rotatable bonds is 2. The molecule has 0 heterocycles. The van der Waals surface area contributed by atoms with Crippen molar-refractivity contribution in [3.05, 3.63) is 11.1 Å². The number of esters is 2. The van der Waals surface area contributed by atoms with Gasteiger partial charge in [0.15, 0.2) is 0 Å². The SMILES string of the molecule is COC(=O)[C@H]1CC(C)=C(C)C[C@H]1C(=O)OC. The highest BCUT2D eigenvalue weighted by atomic mass is 16.5. The molecule has 0 unspecified atom stereocenters. The molecule has 0 bridgehead atoms. The maximum Gasteiger partial charge on any atom is 0.309 e. The molecule has 0 amide bonds. The number of carbonyl (C=O) groups is 2. The van der Waals surface area contributed by atoms with Gasteiger partial charge in [0, 0.05) is 0 Å². The van der Waals surface area contributed by atoms with Gasteiger partial charge in [-0.25, -0.2) is 0 Å². The van der Waals surface area contributed by atoms with Gasteiger partial charge >= 0.3 is 11.9 Å². The number of ether oxygens (including phenoxy) is 2. The zero-order valence-electron chi connectivity index (χ0n) is 10.2. The van der Waals surface area contributed by atoms with Crippen molar-refractivity contribution in [1.29, 1.82) is 0 Å². The molecule has 0 N–H and O–H groups in total. The van der Waals surface area contributed by atoms with Gasteiger partial charge in [0.2, 0.25) is 0 Å². The van der Waals surface area contributed by atoms with Crippen LogP contribution in [0.2, 0.25) is 0 Å². The predicted octanol–water partition coefficient (Wildman–Crippen LogP) is 1.70. The summed E-state index contributed by atoms with van der Waals surface area (Å²) in [6.07, 6.45) is 1.16. The first kappa shape index (κ1) is 12.7. The summed E-state index contributed by atoms with van der Waals surface area (Å²) in [7, 11) is 2.69. The van der Waals surface area contributed by atoms with Gasteiger partial charge in [0.05, 0.1) is 26.1 Å². The molecule has 1 rings (SSSR count). The third-order valence-corrected chi connectivity index (χ3v) is 3.27. The molecule has 1 aliphatic carbocycles. The molecule has 90 valence electrons. The molecule has 0 aromatic carbocycles. The first-order chi connectivity index (χ1) is 7.51. The quantitative estimate of drug-likeness (QED) is 0.531. The average molecular weight is 226 g/mol. The zero-order valence-corrected chi connectivity index (χ0v) is 10.2. The first-order valence-electron chi connectivity index (χ1n) is 5.32. The van der Waals surface area contributed by atoms with Crippen LogP contribution in [0.3, 0.4) is 0 Å². The Balaban J connectivity index is 2.95. The largest absolute Gasteiger partial charge is 0.469 e. The van der Waals surface area contributed by atoms with Crippen molar-refractivity contribution >= 4 is 11.9 Å². The molecular weight excluding hydrogens is 208 g/mol. The number of allylic oxidation sites excluding steroid dienone is 2. The molecule has 4 heteroatoms. The summed E-state index contributed by atoms with van der Waals surface area (Å²) in [5.74, 6) is -1.47. The van der Waals surface area contributed by atoms with Crippen molar-refractivity contribution in [3.8, 4) is 0 Å². The number of methoxy groups -OCH3 is 2. The lowest BCUT2D eigenvalue weighted by Crippen LogP contribution is -2.34. The van der Waals surface area contributed by atoms with E-state index < -0.39 is 11.8 Å². The minimum absolute atomic E-state index is 0.331. The number of hydrogen-bond donors (Lipinski definition) is 0. The van der Waals surface area contributed by atoms with Crippen LogP contribution in [0.4, 0.5) is 0 Å². The summed E-state index contributed by atoms with van der Waals surface area (Å²) in [6.45, 7) is 3.97. The minimum Gasteiger partial charge on any atom is -0.469 e. The maximum absolute atomic E-state index is 11.6. The van der Waals surface area contributed by atoms with Crippen LogP contribution in [0.15, 0.2) is 11.1 Å². The summed E-state index contributed by atoms with van der Waals surface area (Å²) in [5.41, 5.74) is 2.33. The molecule has 0 spiro atoms. The van der Waals surface area contributed by atoms with Crippen molar-refractivity contribution in [2.75, 3.05) is 14.2 Å². The van der Waals surface area contributed by atoms with Crippen molar-refractivity contribution in [3.63, 3.8) is 0 Å². The summed E-state index contributed by atoms with van der Waals surface area (Å²) < 4.78 is 9.46. The molecule has 1 aliphatic rings. The highest BCUT2D eigenvalue weighted by Crippen LogP contribution is 2.35. The Morgan fingerprint density at radius 1 is 0.938 bits per heavy atom. The van der Waals surface area contributed by atoms with E-state index in [9.17, 15) is 9.59 Å². The molecule has 0 aromatic heterocycles. The lowest BCUT2D eigenvalue weighted by molar-refractivity contribution is -0.157. The van der Waals surface area contributed by atoms with E-state index in [0.717, 1.165) is 11.1 Å². The highest BCUT2D eigenvalue weighted by Gasteiger charge is 2.38. The van der Waals surface area contributed by atoms with Crippen LogP contribution in [0.5, 0.6) is 0 Å². The fraction of sp³-hybridized carbons (Fsp3) is 0.667. The van der Waals surface area contributed by atoms with E-state index >= 15 is 0 Å². The Morgan fingerprint density at radius 2 is 1.25 bits per heavy atom. The lowest BCUT2D eigenvalue weighted by atomic mass is 9.76. The Kier molecular flexibility index (Phi) is 4.10. The first-order valence-corrected chi connectivity index (χ1v) is 5.32. The lowest BCUT2D eigenvalue weighted by Gasteiger charge is -2.29. The Hall–Kier alpha value is -1.32. The smallest absolute Gasteiger partial charge is 0.309 e. The van der Waals surface area contributed by atoms with Crippen LogP contribution < -0.4 is 0 Å². The normalized spacial score (nSPS) is 25.2. The maximum atomic E-state index is 11.6. The van der Waals surface area contributed by atoms with Gasteiger partial charge in [-0.1, -0.05) is 11.1 Å². The van der Waals surface area contributed by atoms with Gasteiger partial charge in [-0.15, -0.1) is 0 Å². The number of carbonyl (C=O) groups excluding carboxylic acids is 2. The second-order valence-electron chi connectivity index (χ2n) is 4.23. The van der Waals surface area contributed by atoms with Gasteiger partial charge in [0.25, 0.3) is 0 Å².